The topological polar surface area (TPSA) is 92.9 Å². The summed E-state index contributed by atoms with van der Waals surface area (Å²) >= 11 is 0. The van der Waals surface area contributed by atoms with Gasteiger partial charge in [-0.15, -0.1) is 0 Å². The van der Waals surface area contributed by atoms with Crippen molar-refractivity contribution in [2.75, 3.05) is 13.2 Å². The highest BCUT2D eigenvalue weighted by Crippen LogP contribution is 2.27. The van der Waals surface area contributed by atoms with Gasteiger partial charge in [-0.1, -0.05) is 24.3 Å². The van der Waals surface area contributed by atoms with Crippen LogP contribution >= 0.6 is 0 Å². The number of aliphatic carboxylic acids is 1. The van der Waals surface area contributed by atoms with Gasteiger partial charge < -0.3 is 20.5 Å². The number of fused-ring (bicyclic) bond motifs is 1. The second kappa shape index (κ2) is 5.13. The number of carboxylic acid groups (broad SMARTS) is 1. The van der Waals surface area contributed by atoms with E-state index in [0.29, 0.717) is 19.4 Å². The van der Waals surface area contributed by atoms with Crippen LogP contribution in [0.2, 0.25) is 0 Å². The summed E-state index contributed by atoms with van der Waals surface area (Å²) in [6.07, 6.45) is 0.741. The summed E-state index contributed by atoms with van der Waals surface area (Å²) in [5, 5.41) is 9.44. The summed E-state index contributed by atoms with van der Waals surface area (Å²) in [7, 11) is 0. The Hall–Kier alpha value is -1.92. The number of rotatable bonds is 2. The summed E-state index contributed by atoms with van der Waals surface area (Å²) in [4.78, 5) is 25.6. The second-order valence-corrected chi connectivity index (χ2v) is 5.72. The van der Waals surface area contributed by atoms with Crippen LogP contribution in [0.15, 0.2) is 24.3 Å². The maximum atomic E-state index is 12.7. The number of hydrogen-bond acceptors (Lipinski definition) is 4. The minimum Gasteiger partial charge on any atom is -0.480 e. The summed E-state index contributed by atoms with van der Waals surface area (Å²) < 4.78 is 5.22. The molecule has 0 spiro atoms. The molecule has 0 bridgehead atoms. The Labute approximate surface area is 122 Å². The highest BCUT2D eigenvalue weighted by atomic mass is 16.5. The van der Waals surface area contributed by atoms with Crippen LogP contribution in [-0.4, -0.2) is 46.7 Å². The molecule has 2 heterocycles. The van der Waals surface area contributed by atoms with Gasteiger partial charge in [-0.2, -0.15) is 0 Å². The minimum atomic E-state index is -1.10. The van der Waals surface area contributed by atoms with Gasteiger partial charge in [-0.3, -0.25) is 4.79 Å². The van der Waals surface area contributed by atoms with E-state index in [2.05, 4.69) is 0 Å². The lowest BCUT2D eigenvalue weighted by Gasteiger charge is -2.38. The van der Waals surface area contributed by atoms with E-state index >= 15 is 0 Å². The Balaban J connectivity index is 1.92. The number of carboxylic acids is 1. The van der Waals surface area contributed by atoms with Gasteiger partial charge in [0.2, 0.25) is 5.91 Å². The number of ether oxygens (including phenoxy) is 1. The normalized spacial score (nSPS) is 28.2. The molecule has 3 N–H and O–H groups in total. The molecular formula is C15H18N2O4. The van der Waals surface area contributed by atoms with E-state index in [1.165, 1.54) is 4.90 Å². The zero-order valence-electron chi connectivity index (χ0n) is 11.6. The van der Waals surface area contributed by atoms with E-state index < -0.39 is 17.6 Å². The van der Waals surface area contributed by atoms with Crippen LogP contribution in [0.3, 0.4) is 0 Å². The molecule has 2 aliphatic heterocycles. The van der Waals surface area contributed by atoms with E-state index in [4.69, 9.17) is 10.5 Å². The number of benzene rings is 1. The number of amides is 1. The molecule has 2 unspecified atom stereocenters. The Morgan fingerprint density at radius 2 is 2.05 bits per heavy atom. The van der Waals surface area contributed by atoms with E-state index in [-0.39, 0.29) is 19.1 Å². The monoisotopic (exact) mass is 290 g/mol. The van der Waals surface area contributed by atoms with E-state index in [1.807, 2.05) is 24.3 Å². The fourth-order valence-electron chi connectivity index (χ4n) is 2.99. The summed E-state index contributed by atoms with van der Waals surface area (Å²) in [5.41, 5.74) is 6.96. The molecule has 3 rings (SSSR count). The first-order valence-electron chi connectivity index (χ1n) is 6.98. The highest BCUT2D eigenvalue weighted by molar-refractivity contribution is 5.91. The third-order valence-corrected chi connectivity index (χ3v) is 4.27. The number of nitrogens with two attached hydrogens (primary N) is 1. The average molecular weight is 290 g/mol. The molecule has 6 nitrogen and oxygen atoms in total. The molecule has 1 aromatic rings. The fraction of sp³-hybridized carbons (Fsp3) is 0.467. The third kappa shape index (κ3) is 2.41. The summed E-state index contributed by atoms with van der Waals surface area (Å²) in [5.74, 6) is -1.33. The average Bonchev–Trinajstić information content (AvgIpc) is 2.93. The molecule has 0 saturated carbocycles. The molecule has 1 aromatic carbocycles. The molecule has 21 heavy (non-hydrogen) atoms. The van der Waals surface area contributed by atoms with Crippen molar-refractivity contribution in [3.8, 4) is 0 Å². The first kappa shape index (κ1) is 14.0. The molecule has 1 amide bonds. The zero-order valence-corrected chi connectivity index (χ0v) is 11.6. The smallest absolute Gasteiger partial charge is 0.326 e. The molecule has 112 valence electrons. The lowest BCUT2D eigenvalue weighted by molar-refractivity contribution is -0.154. The highest BCUT2D eigenvalue weighted by Gasteiger charge is 2.45. The molecule has 1 saturated heterocycles. The molecule has 6 heteroatoms. The van der Waals surface area contributed by atoms with Crippen LogP contribution in [0.5, 0.6) is 0 Å². The van der Waals surface area contributed by atoms with Gasteiger partial charge >= 0.3 is 5.97 Å². The SMILES string of the molecule is NC1(C(=O)N2Cc3ccccc3CC2C(=O)O)CCOC1. The van der Waals surface area contributed by atoms with Crippen molar-refractivity contribution in [2.24, 2.45) is 5.73 Å². The molecule has 1 fully saturated rings. The largest absolute Gasteiger partial charge is 0.480 e. The van der Waals surface area contributed by atoms with Crippen LogP contribution in [0.4, 0.5) is 0 Å². The van der Waals surface area contributed by atoms with E-state index in [9.17, 15) is 14.7 Å². The Kier molecular flexibility index (Phi) is 3.43. The summed E-state index contributed by atoms with van der Waals surface area (Å²) in [6, 6.07) is 6.73. The van der Waals surface area contributed by atoms with Crippen molar-refractivity contribution >= 4 is 11.9 Å². The number of nitrogens with zero attached hydrogens (tertiary/aromatic N) is 1. The van der Waals surface area contributed by atoms with Crippen LogP contribution in [-0.2, 0) is 27.3 Å². The number of carbonyl (C=O) groups excluding carboxylic acids is 1. The molecular weight excluding hydrogens is 272 g/mol. The third-order valence-electron chi connectivity index (χ3n) is 4.27. The van der Waals surface area contributed by atoms with E-state index in [0.717, 1.165) is 11.1 Å². The van der Waals surface area contributed by atoms with Crippen LogP contribution < -0.4 is 5.73 Å². The zero-order chi connectivity index (χ0) is 15.0. The van der Waals surface area contributed by atoms with Crippen molar-refractivity contribution in [3.63, 3.8) is 0 Å². The van der Waals surface area contributed by atoms with Gasteiger partial charge in [0.15, 0.2) is 0 Å². The van der Waals surface area contributed by atoms with Crippen molar-refractivity contribution in [1.29, 1.82) is 0 Å². The lowest BCUT2D eigenvalue weighted by atomic mass is 9.90. The standard InChI is InChI=1S/C15H18N2O4/c16-15(5-6-21-9-15)14(20)17-8-11-4-2-1-3-10(11)7-12(17)13(18)19/h1-4,12H,5-9,16H2,(H,18,19). The van der Waals surface area contributed by atoms with Gasteiger partial charge in [0.05, 0.1) is 6.61 Å². The quantitative estimate of drug-likeness (QED) is 0.808. The fourth-order valence-corrected chi connectivity index (χ4v) is 2.99. The van der Waals surface area contributed by atoms with Gasteiger partial charge in [-0.05, 0) is 17.5 Å². The van der Waals surface area contributed by atoms with Gasteiger partial charge in [0.1, 0.15) is 11.6 Å². The Bertz CT molecular complexity index is 581. The van der Waals surface area contributed by atoms with Crippen LogP contribution in [0, 0.1) is 0 Å². The van der Waals surface area contributed by atoms with Crippen LogP contribution in [0.25, 0.3) is 0 Å². The first-order chi connectivity index (χ1) is 10.0. The number of carbonyl (C=O) groups is 2. The van der Waals surface area contributed by atoms with Crippen molar-refractivity contribution < 1.29 is 19.4 Å². The van der Waals surface area contributed by atoms with Crippen molar-refractivity contribution in [3.05, 3.63) is 35.4 Å². The van der Waals surface area contributed by atoms with Crippen LogP contribution in [0.1, 0.15) is 17.5 Å². The van der Waals surface area contributed by atoms with Crippen molar-refractivity contribution in [1.82, 2.24) is 4.90 Å². The molecule has 2 aliphatic rings. The maximum absolute atomic E-state index is 12.7. The molecule has 0 radical (unpaired) electrons. The lowest BCUT2D eigenvalue weighted by Crippen LogP contribution is -2.60. The molecule has 0 aromatic heterocycles. The Morgan fingerprint density at radius 3 is 2.67 bits per heavy atom. The maximum Gasteiger partial charge on any atom is 0.326 e. The summed E-state index contributed by atoms with van der Waals surface area (Å²) in [6.45, 7) is 0.867. The Morgan fingerprint density at radius 1 is 1.33 bits per heavy atom. The first-order valence-corrected chi connectivity index (χ1v) is 6.98. The van der Waals surface area contributed by atoms with Crippen molar-refractivity contribution in [2.45, 2.75) is 31.0 Å². The predicted molar refractivity (Wildman–Crippen MR) is 74.5 cm³/mol. The minimum absolute atomic E-state index is 0.149. The number of hydrogen-bond donors (Lipinski definition) is 2. The second-order valence-electron chi connectivity index (χ2n) is 5.72. The van der Waals surface area contributed by atoms with Gasteiger partial charge in [0, 0.05) is 19.6 Å². The van der Waals surface area contributed by atoms with E-state index in [1.54, 1.807) is 0 Å². The van der Waals surface area contributed by atoms with Gasteiger partial charge in [0.25, 0.3) is 0 Å². The van der Waals surface area contributed by atoms with Gasteiger partial charge in [-0.25, -0.2) is 4.79 Å². The predicted octanol–water partition coefficient (Wildman–Crippen LogP) is 0.142. The molecule has 2 atom stereocenters. The molecule has 0 aliphatic carbocycles.